The smallest absolute Gasteiger partial charge is 0.271 e. The SMILES string of the molecule is CS(=O)(=O)CCn1cnc2cc(-c3ccccc3)sc2c1=O. The van der Waals surface area contributed by atoms with Gasteiger partial charge in [-0.3, -0.25) is 9.36 Å². The molecule has 1 aromatic carbocycles. The third kappa shape index (κ3) is 3.10. The number of benzene rings is 1. The third-order valence-electron chi connectivity index (χ3n) is 3.27. The minimum atomic E-state index is -3.11. The Bertz CT molecular complexity index is 973. The van der Waals surface area contributed by atoms with Crippen LogP contribution in [0.3, 0.4) is 0 Å². The van der Waals surface area contributed by atoms with Crippen molar-refractivity contribution in [2.75, 3.05) is 12.0 Å². The fraction of sp³-hybridized carbons (Fsp3) is 0.200. The second-order valence-corrected chi connectivity index (χ2v) is 8.38. The van der Waals surface area contributed by atoms with E-state index in [0.29, 0.717) is 10.2 Å². The summed E-state index contributed by atoms with van der Waals surface area (Å²) in [5.41, 5.74) is 1.48. The fourth-order valence-electron chi connectivity index (χ4n) is 2.11. The molecule has 5 nitrogen and oxygen atoms in total. The van der Waals surface area contributed by atoms with Crippen molar-refractivity contribution in [1.29, 1.82) is 0 Å². The Morgan fingerprint density at radius 1 is 1.23 bits per heavy atom. The summed E-state index contributed by atoms with van der Waals surface area (Å²) in [6.45, 7) is 0.124. The van der Waals surface area contributed by atoms with E-state index in [4.69, 9.17) is 0 Å². The van der Waals surface area contributed by atoms with Crippen molar-refractivity contribution in [2.24, 2.45) is 0 Å². The van der Waals surface area contributed by atoms with Gasteiger partial charge in [0.05, 0.1) is 17.6 Å². The second-order valence-electron chi connectivity index (χ2n) is 5.06. The predicted octanol–water partition coefficient (Wildman–Crippen LogP) is 2.17. The first-order valence-corrected chi connectivity index (χ1v) is 9.54. The lowest BCUT2D eigenvalue weighted by Crippen LogP contribution is -2.23. The molecule has 2 heterocycles. The first-order chi connectivity index (χ1) is 10.4. The molecule has 0 saturated heterocycles. The summed E-state index contributed by atoms with van der Waals surface area (Å²) >= 11 is 1.38. The zero-order valence-corrected chi connectivity index (χ0v) is 13.5. The molecule has 0 fully saturated rings. The van der Waals surface area contributed by atoms with Crippen LogP contribution < -0.4 is 5.56 Å². The van der Waals surface area contributed by atoms with Crippen LogP contribution in [0.2, 0.25) is 0 Å². The van der Waals surface area contributed by atoms with Gasteiger partial charge in [-0.25, -0.2) is 13.4 Å². The summed E-state index contributed by atoms with van der Waals surface area (Å²) in [6.07, 6.45) is 2.57. The molecule has 0 aliphatic carbocycles. The van der Waals surface area contributed by atoms with Crippen LogP contribution in [0.1, 0.15) is 0 Å². The Balaban J connectivity index is 2.03. The molecule has 0 aliphatic rings. The number of fused-ring (bicyclic) bond motifs is 1. The number of sulfone groups is 1. The Labute approximate surface area is 131 Å². The zero-order valence-electron chi connectivity index (χ0n) is 11.9. The molecule has 22 heavy (non-hydrogen) atoms. The summed E-state index contributed by atoms with van der Waals surface area (Å²) in [6, 6.07) is 11.7. The van der Waals surface area contributed by atoms with Gasteiger partial charge < -0.3 is 0 Å². The monoisotopic (exact) mass is 334 g/mol. The third-order valence-corrected chi connectivity index (χ3v) is 5.35. The van der Waals surface area contributed by atoms with E-state index in [0.717, 1.165) is 16.7 Å². The maximum atomic E-state index is 12.4. The summed E-state index contributed by atoms with van der Waals surface area (Å²) in [5.74, 6) is -0.0724. The van der Waals surface area contributed by atoms with Crippen molar-refractivity contribution in [2.45, 2.75) is 6.54 Å². The molecule has 0 spiro atoms. The fourth-order valence-corrected chi connectivity index (χ4v) is 3.71. The van der Waals surface area contributed by atoms with E-state index in [9.17, 15) is 13.2 Å². The Morgan fingerprint density at radius 3 is 2.64 bits per heavy atom. The predicted molar refractivity (Wildman–Crippen MR) is 89.0 cm³/mol. The molecule has 0 radical (unpaired) electrons. The van der Waals surface area contributed by atoms with Crippen LogP contribution in [0.5, 0.6) is 0 Å². The van der Waals surface area contributed by atoms with Gasteiger partial charge in [-0.1, -0.05) is 30.3 Å². The normalized spacial score (nSPS) is 11.9. The average Bonchev–Trinajstić information content (AvgIpc) is 2.92. The van der Waals surface area contributed by atoms with Crippen LogP contribution in [-0.4, -0.2) is 30.0 Å². The molecule has 0 bridgehead atoms. The van der Waals surface area contributed by atoms with E-state index in [1.807, 2.05) is 36.4 Å². The van der Waals surface area contributed by atoms with Crippen molar-refractivity contribution in [3.8, 4) is 10.4 Å². The highest BCUT2D eigenvalue weighted by molar-refractivity contribution is 7.90. The molecule has 114 valence electrons. The summed E-state index contributed by atoms with van der Waals surface area (Å²) in [5, 5.41) is 0. The quantitative estimate of drug-likeness (QED) is 0.733. The number of aromatic nitrogens is 2. The van der Waals surface area contributed by atoms with Crippen molar-refractivity contribution in [3.63, 3.8) is 0 Å². The second kappa shape index (κ2) is 5.66. The largest absolute Gasteiger partial charge is 0.297 e. The lowest BCUT2D eigenvalue weighted by atomic mass is 10.2. The number of rotatable bonds is 4. The van der Waals surface area contributed by atoms with E-state index in [1.54, 1.807) is 0 Å². The van der Waals surface area contributed by atoms with Crippen molar-refractivity contribution in [1.82, 2.24) is 9.55 Å². The molecule has 0 amide bonds. The molecule has 0 saturated carbocycles. The highest BCUT2D eigenvalue weighted by Crippen LogP contribution is 2.30. The Morgan fingerprint density at radius 2 is 1.95 bits per heavy atom. The molecule has 3 aromatic rings. The lowest BCUT2D eigenvalue weighted by Gasteiger charge is -2.03. The molecule has 3 rings (SSSR count). The zero-order chi connectivity index (χ0) is 15.7. The number of nitrogens with zero attached hydrogens (tertiary/aromatic N) is 2. The van der Waals surface area contributed by atoms with E-state index >= 15 is 0 Å². The van der Waals surface area contributed by atoms with Gasteiger partial charge in [0.15, 0.2) is 0 Å². The molecular weight excluding hydrogens is 320 g/mol. The highest BCUT2D eigenvalue weighted by atomic mass is 32.2. The van der Waals surface area contributed by atoms with E-state index < -0.39 is 9.84 Å². The van der Waals surface area contributed by atoms with Gasteiger partial charge in [-0.05, 0) is 11.6 Å². The van der Waals surface area contributed by atoms with Gasteiger partial charge in [0.2, 0.25) is 0 Å². The average molecular weight is 334 g/mol. The minimum absolute atomic E-state index is 0.0724. The van der Waals surface area contributed by atoms with Crippen LogP contribution in [-0.2, 0) is 16.4 Å². The maximum Gasteiger partial charge on any atom is 0.271 e. The van der Waals surface area contributed by atoms with Crippen LogP contribution in [0.25, 0.3) is 20.7 Å². The highest BCUT2D eigenvalue weighted by Gasteiger charge is 2.11. The molecule has 7 heteroatoms. The van der Waals surface area contributed by atoms with E-state index in [1.165, 1.54) is 22.2 Å². The first kappa shape index (κ1) is 14.9. The van der Waals surface area contributed by atoms with Crippen LogP contribution in [0, 0.1) is 0 Å². The van der Waals surface area contributed by atoms with Gasteiger partial charge in [0, 0.05) is 17.7 Å². The molecule has 0 atom stereocenters. The number of aryl methyl sites for hydroxylation is 1. The minimum Gasteiger partial charge on any atom is -0.297 e. The van der Waals surface area contributed by atoms with E-state index in [2.05, 4.69) is 4.98 Å². The number of thiophene rings is 1. The topological polar surface area (TPSA) is 69.0 Å². The van der Waals surface area contributed by atoms with Crippen molar-refractivity contribution >= 4 is 31.4 Å². The molecule has 2 aromatic heterocycles. The number of hydrogen-bond acceptors (Lipinski definition) is 5. The summed E-state index contributed by atoms with van der Waals surface area (Å²) in [4.78, 5) is 17.7. The number of hydrogen-bond donors (Lipinski definition) is 0. The van der Waals surface area contributed by atoms with Gasteiger partial charge in [-0.2, -0.15) is 0 Å². The van der Waals surface area contributed by atoms with Crippen molar-refractivity contribution in [3.05, 3.63) is 53.1 Å². The van der Waals surface area contributed by atoms with Crippen LogP contribution >= 0.6 is 11.3 Å². The summed E-state index contributed by atoms with van der Waals surface area (Å²) < 4.78 is 24.4. The Hall–Kier alpha value is -1.99. The molecule has 0 aliphatic heterocycles. The first-order valence-electron chi connectivity index (χ1n) is 6.66. The van der Waals surface area contributed by atoms with Crippen molar-refractivity contribution < 1.29 is 8.42 Å². The van der Waals surface area contributed by atoms with Gasteiger partial charge in [-0.15, -0.1) is 11.3 Å². The molecule has 0 N–H and O–H groups in total. The van der Waals surface area contributed by atoms with Crippen LogP contribution in [0.4, 0.5) is 0 Å². The van der Waals surface area contributed by atoms with Crippen LogP contribution in [0.15, 0.2) is 47.5 Å². The van der Waals surface area contributed by atoms with E-state index in [-0.39, 0.29) is 17.9 Å². The standard InChI is InChI=1S/C15H14N2O3S2/c1-22(19,20)8-7-17-10-16-12-9-13(21-14(12)15(17)18)11-5-3-2-4-6-11/h2-6,9-10H,7-8H2,1H3. The van der Waals surface area contributed by atoms with Gasteiger partial charge >= 0.3 is 0 Å². The van der Waals surface area contributed by atoms with Gasteiger partial charge in [0.25, 0.3) is 5.56 Å². The lowest BCUT2D eigenvalue weighted by molar-refractivity contribution is 0.592. The molecular formula is C15H14N2O3S2. The molecule has 0 unspecified atom stereocenters. The van der Waals surface area contributed by atoms with Gasteiger partial charge in [0.1, 0.15) is 14.5 Å². The summed E-state index contributed by atoms with van der Waals surface area (Å²) in [7, 11) is -3.11. The Kier molecular flexibility index (Phi) is 3.84. The maximum absolute atomic E-state index is 12.4.